The van der Waals surface area contributed by atoms with Crippen LogP contribution in [-0.4, -0.2) is 14.2 Å². The molecule has 2 aromatic rings. The Labute approximate surface area is 120 Å². The van der Waals surface area contributed by atoms with Crippen LogP contribution in [-0.2, 0) is 10.0 Å². The van der Waals surface area contributed by atoms with Gasteiger partial charge in [-0.05, 0) is 31.2 Å². The summed E-state index contributed by atoms with van der Waals surface area (Å²) in [4.78, 5) is 11.6. The van der Waals surface area contributed by atoms with Gasteiger partial charge in [0.05, 0.1) is 0 Å². The SMILES string of the molecule is CC(=O)c1cccc(NS(=O)(=O)c2ccc(C#N)s2)c1. The van der Waals surface area contributed by atoms with Crippen molar-refractivity contribution in [2.75, 3.05) is 4.72 Å². The Morgan fingerprint density at radius 2 is 2.05 bits per heavy atom. The summed E-state index contributed by atoms with van der Waals surface area (Å²) < 4.78 is 26.7. The van der Waals surface area contributed by atoms with Crippen molar-refractivity contribution in [3.63, 3.8) is 0 Å². The second kappa shape index (κ2) is 5.45. The first kappa shape index (κ1) is 14.2. The maximum absolute atomic E-state index is 12.1. The Bertz CT molecular complexity index is 801. The van der Waals surface area contributed by atoms with E-state index in [1.54, 1.807) is 18.2 Å². The Balaban J connectivity index is 2.31. The standard InChI is InChI=1S/C13H10N2O3S2/c1-9(16)10-3-2-4-11(7-10)15-20(17,18)13-6-5-12(8-14)19-13/h2-7,15H,1H3. The molecule has 1 aromatic carbocycles. The number of rotatable bonds is 4. The average molecular weight is 306 g/mol. The summed E-state index contributed by atoms with van der Waals surface area (Å²) in [6.45, 7) is 1.41. The number of thiophene rings is 1. The number of hydrogen-bond acceptors (Lipinski definition) is 5. The van der Waals surface area contributed by atoms with E-state index in [9.17, 15) is 13.2 Å². The van der Waals surface area contributed by atoms with Crippen molar-refractivity contribution >= 4 is 32.8 Å². The minimum absolute atomic E-state index is 0.0577. The summed E-state index contributed by atoms with van der Waals surface area (Å²) in [5.41, 5.74) is 0.735. The zero-order valence-electron chi connectivity index (χ0n) is 10.5. The Hall–Kier alpha value is -2.17. The highest BCUT2D eigenvalue weighted by atomic mass is 32.2. The van der Waals surface area contributed by atoms with E-state index in [2.05, 4.69) is 4.72 Å². The van der Waals surface area contributed by atoms with Crippen molar-refractivity contribution in [1.82, 2.24) is 0 Å². The number of benzene rings is 1. The zero-order chi connectivity index (χ0) is 14.8. The molecule has 0 atom stereocenters. The highest BCUT2D eigenvalue weighted by Crippen LogP contribution is 2.23. The molecule has 0 radical (unpaired) electrons. The van der Waals surface area contributed by atoms with E-state index in [1.165, 1.54) is 25.1 Å². The third kappa shape index (κ3) is 3.04. The van der Waals surface area contributed by atoms with E-state index in [1.807, 2.05) is 6.07 Å². The van der Waals surface area contributed by atoms with Gasteiger partial charge in [-0.3, -0.25) is 9.52 Å². The van der Waals surface area contributed by atoms with Crippen molar-refractivity contribution < 1.29 is 13.2 Å². The van der Waals surface area contributed by atoms with Crippen LogP contribution in [0.1, 0.15) is 22.2 Å². The van der Waals surface area contributed by atoms with Crippen molar-refractivity contribution in [3.8, 4) is 6.07 Å². The number of carbonyl (C=O) groups excluding carboxylic acids is 1. The molecule has 0 aliphatic carbocycles. The number of sulfonamides is 1. The molecule has 0 bridgehead atoms. The fourth-order valence-electron chi connectivity index (χ4n) is 1.53. The summed E-state index contributed by atoms with van der Waals surface area (Å²) in [6.07, 6.45) is 0. The molecular weight excluding hydrogens is 296 g/mol. The van der Waals surface area contributed by atoms with Crippen molar-refractivity contribution in [3.05, 3.63) is 46.8 Å². The first-order valence-corrected chi connectivity index (χ1v) is 7.86. The zero-order valence-corrected chi connectivity index (χ0v) is 12.1. The monoisotopic (exact) mass is 306 g/mol. The number of carbonyl (C=O) groups is 1. The number of ketones is 1. The van der Waals surface area contributed by atoms with Crippen LogP contribution in [0.5, 0.6) is 0 Å². The van der Waals surface area contributed by atoms with Gasteiger partial charge in [-0.1, -0.05) is 12.1 Å². The lowest BCUT2D eigenvalue weighted by molar-refractivity contribution is 0.101. The third-order valence-electron chi connectivity index (χ3n) is 2.48. The molecule has 102 valence electrons. The first-order chi connectivity index (χ1) is 9.42. The van der Waals surface area contributed by atoms with E-state index in [0.717, 1.165) is 11.3 Å². The van der Waals surface area contributed by atoms with Gasteiger partial charge in [0.15, 0.2) is 5.78 Å². The summed E-state index contributed by atoms with van der Waals surface area (Å²) in [7, 11) is -3.74. The summed E-state index contributed by atoms with van der Waals surface area (Å²) in [6, 6.07) is 11.0. The van der Waals surface area contributed by atoms with Gasteiger partial charge < -0.3 is 0 Å². The fourth-order valence-corrected chi connectivity index (χ4v) is 3.68. The first-order valence-electron chi connectivity index (χ1n) is 5.56. The molecule has 0 saturated heterocycles. The fraction of sp³-hybridized carbons (Fsp3) is 0.0769. The van der Waals surface area contributed by atoms with Gasteiger partial charge in [0.25, 0.3) is 10.0 Å². The highest BCUT2D eigenvalue weighted by Gasteiger charge is 2.17. The van der Waals surface area contributed by atoms with Crippen LogP contribution in [0, 0.1) is 11.3 Å². The number of hydrogen-bond donors (Lipinski definition) is 1. The van der Waals surface area contributed by atoms with Gasteiger partial charge in [-0.25, -0.2) is 8.42 Å². The van der Waals surface area contributed by atoms with Crippen LogP contribution in [0.3, 0.4) is 0 Å². The second-order valence-corrected chi connectivity index (χ2v) is 6.97. The molecule has 0 aliphatic heterocycles. The Morgan fingerprint density at radius 3 is 2.65 bits per heavy atom. The van der Waals surface area contributed by atoms with Crippen LogP contribution in [0.25, 0.3) is 0 Å². The van der Waals surface area contributed by atoms with E-state index >= 15 is 0 Å². The number of nitrogens with one attached hydrogen (secondary N) is 1. The average Bonchev–Trinajstić information content (AvgIpc) is 2.88. The molecule has 2 rings (SSSR count). The van der Waals surface area contributed by atoms with Crippen LogP contribution < -0.4 is 4.72 Å². The molecule has 0 spiro atoms. The lowest BCUT2D eigenvalue weighted by Crippen LogP contribution is -2.11. The van der Waals surface area contributed by atoms with Gasteiger partial charge >= 0.3 is 0 Å². The summed E-state index contributed by atoms with van der Waals surface area (Å²) in [5.74, 6) is -0.145. The molecule has 0 aliphatic rings. The second-order valence-electron chi connectivity index (χ2n) is 3.97. The van der Waals surface area contributed by atoms with E-state index in [0.29, 0.717) is 16.1 Å². The van der Waals surface area contributed by atoms with Gasteiger partial charge in [0.1, 0.15) is 15.2 Å². The predicted molar refractivity (Wildman–Crippen MR) is 76.3 cm³/mol. The number of Topliss-reactive ketones (excluding diaryl/α,β-unsaturated/α-hetero) is 1. The minimum atomic E-state index is -3.74. The van der Waals surface area contributed by atoms with Crippen LogP contribution in [0.4, 0.5) is 5.69 Å². The molecule has 1 heterocycles. The normalized spacial score (nSPS) is 10.8. The molecule has 0 saturated carbocycles. The molecule has 1 N–H and O–H groups in total. The summed E-state index contributed by atoms with van der Waals surface area (Å²) in [5, 5.41) is 8.71. The minimum Gasteiger partial charge on any atom is -0.295 e. The van der Waals surface area contributed by atoms with E-state index < -0.39 is 10.0 Å². The quantitative estimate of drug-likeness (QED) is 0.880. The smallest absolute Gasteiger partial charge is 0.271 e. The Kier molecular flexibility index (Phi) is 3.88. The number of nitrogens with zero attached hydrogens (tertiary/aromatic N) is 1. The van der Waals surface area contributed by atoms with Crippen LogP contribution >= 0.6 is 11.3 Å². The maximum atomic E-state index is 12.1. The third-order valence-corrected chi connectivity index (χ3v) is 5.34. The molecular formula is C13H10N2O3S2. The maximum Gasteiger partial charge on any atom is 0.271 e. The molecule has 1 aromatic heterocycles. The van der Waals surface area contributed by atoms with Crippen molar-refractivity contribution in [2.45, 2.75) is 11.1 Å². The number of anilines is 1. The predicted octanol–water partition coefficient (Wildman–Crippen LogP) is 2.62. The van der Waals surface area contributed by atoms with Gasteiger partial charge in [-0.2, -0.15) is 5.26 Å². The van der Waals surface area contributed by atoms with E-state index in [-0.39, 0.29) is 9.99 Å². The van der Waals surface area contributed by atoms with Crippen molar-refractivity contribution in [1.29, 1.82) is 5.26 Å². The Morgan fingerprint density at radius 1 is 1.30 bits per heavy atom. The largest absolute Gasteiger partial charge is 0.295 e. The molecule has 20 heavy (non-hydrogen) atoms. The van der Waals surface area contributed by atoms with Crippen LogP contribution in [0.2, 0.25) is 0 Å². The topological polar surface area (TPSA) is 87.0 Å². The molecule has 0 unspecified atom stereocenters. The van der Waals surface area contributed by atoms with E-state index in [4.69, 9.17) is 5.26 Å². The molecule has 5 nitrogen and oxygen atoms in total. The van der Waals surface area contributed by atoms with Crippen LogP contribution in [0.15, 0.2) is 40.6 Å². The lowest BCUT2D eigenvalue weighted by Gasteiger charge is -2.07. The summed E-state index contributed by atoms with van der Waals surface area (Å²) >= 11 is 0.891. The molecule has 7 heteroatoms. The highest BCUT2D eigenvalue weighted by molar-refractivity contribution is 7.94. The molecule has 0 amide bonds. The van der Waals surface area contributed by atoms with Gasteiger partial charge in [-0.15, -0.1) is 11.3 Å². The molecule has 0 fully saturated rings. The lowest BCUT2D eigenvalue weighted by atomic mass is 10.1. The van der Waals surface area contributed by atoms with Gasteiger partial charge in [0.2, 0.25) is 0 Å². The van der Waals surface area contributed by atoms with Crippen molar-refractivity contribution in [2.24, 2.45) is 0 Å². The van der Waals surface area contributed by atoms with Gasteiger partial charge in [0, 0.05) is 11.3 Å². The number of nitriles is 1.